The van der Waals surface area contributed by atoms with E-state index in [9.17, 15) is 10.1 Å². The molecule has 3 heterocycles. The summed E-state index contributed by atoms with van der Waals surface area (Å²) in [6.07, 6.45) is 1.75. The second-order valence-electron chi connectivity index (χ2n) is 8.32. The minimum atomic E-state index is -0.400. The smallest absolute Gasteiger partial charge is 0.280 e. The van der Waals surface area contributed by atoms with Crippen LogP contribution in [-0.4, -0.2) is 15.0 Å². The molecule has 5 rings (SSSR count). The van der Waals surface area contributed by atoms with Gasteiger partial charge in [-0.2, -0.15) is 0 Å². The van der Waals surface area contributed by atoms with Crippen LogP contribution in [0.3, 0.4) is 0 Å². The van der Waals surface area contributed by atoms with Gasteiger partial charge in [0, 0.05) is 18.0 Å². The van der Waals surface area contributed by atoms with Crippen molar-refractivity contribution >= 4 is 28.7 Å². The Hall–Kier alpha value is -4.04. The molecule has 1 N–H and O–H groups in total. The van der Waals surface area contributed by atoms with Crippen LogP contribution in [0, 0.1) is 24.0 Å². The van der Waals surface area contributed by atoms with Gasteiger partial charge in [-0.05, 0) is 79.7 Å². The third-order valence-electron chi connectivity index (χ3n) is 5.87. The van der Waals surface area contributed by atoms with Crippen molar-refractivity contribution in [1.82, 2.24) is 10.3 Å². The molecule has 7 nitrogen and oxygen atoms in total. The Morgan fingerprint density at radius 1 is 1.03 bits per heavy atom. The van der Waals surface area contributed by atoms with Crippen molar-refractivity contribution in [2.75, 3.05) is 4.90 Å². The van der Waals surface area contributed by atoms with Crippen LogP contribution in [-0.2, 0) is 0 Å². The fraction of sp³-hybridized carbons (Fsp3) is 0.154. The Bertz CT molecular complexity index is 1370. The summed E-state index contributed by atoms with van der Waals surface area (Å²) in [5.74, 6) is 1.07. The van der Waals surface area contributed by atoms with Gasteiger partial charge in [0.1, 0.15) is 17.6 Å². The highest BCUT2D eigenvalue weighted by atomic mass is 32.1. The number of rotatable bonds is 5. The van der Waals surface area contributed by atoms with E-state index < -0.39 is 4.92 Å². The molecule has 2 aromatic heterocycles. The zero-order valence-electron chi connectivity index (χ0n) is 18.6. The molecule has 0 bridgehead atoms. The molecule has 170 valence electrons. The number of aryl methyl sites for hydroxylation is 2. The Morgan fingerprint density at radius 2 is 1.76 bits per heavy atom. The number of anilines is 1. The second kappa shape index (κ2) is 8.72. The number of thiocarbonyl (C=S) groups is 1. The summed E-state index contributed by atoms with van der Waals surface area (Å²) in [6.45, 7) is 4.10. The molecule has 0 aliphatic carbocycles. The average molecular weight is 471 g/mol. The highest BCUT2D eigenvalue weighted by Crippen LogP contribution is 2.44. The first-order chi connectivity index (χ1) is 16.4. The first-order valence-electron chi connectivity index (χ1n) is 10.8. The van der Waals surface area contributed by atoms with Crippen LogP contribution in [0.1, 0.15) is 34.7 Å². The summed E-state index contributed by atoms with van der Waals surface area (Å²) in [7, 11) is 0. The summed E-state index contributed by atoms with van der Waals surface area (Å²) in [4.78, 5) is 17.8. The SMILES string of the molecule is Cc1cc(C)cc(N2C(=S)N[C@@H](c3ccccn3)[C@@H]2c2ccc(-c3ccccc3[N+](=O)[O-])o2)c1. The average Bonchev–Trinajstić information content (AvgIpc) is 3.43. The molecule has 0 radical (unpaired) electrons. The maximum Gasteiger partial charge on any atom is 0.280 e. The first kappa shape index (κ1) is 21.8. The number of aromatic nitrogens is 1. The van der Waals surface area contributed by atoms with E-state index in [-0.39, 0.29) is 17.8 Å². The van der Waals surface area contributed by atoms with Crippen LogP contribution < -0.4 is 10.2 Å². The summed E-state index contributed by atoms with van der Waals surface area (Å²) in [6, 6.07) is 21.6. The molecule has 0 saturated carbocycles. The van der Waals surface area contributed by atoms with Crippen LogP contribution in [0.5, 0.6) is 0 Å². The fourth-order valence-corrected chi connectivity index (χ4v) is 4.86. The van der Waals surface area contributed by atoms with E-state index in [1.165, 1.54) is 6.07 Å². The number of nitro benzene ring substituents is 1. The lowest BCUT2D eigenvalue weighted by Gasteiger charge is -2.26. The lowest BCUT2D eigenvalue weighted by Crippen LogP contribution is -2.29. The molecule has 8 heteroatoms. The largest absolute Gasteiger partial charge is 0.459 e. The van der Waals surface area contributed by atoms with Gasteiger partial charge >= 0.3 is 0 Å². The van der Waals surface area contributed by atoms with E-state index in [0.29, 0.717) is 22.2 Å². The van der Waals surface area contributed by atoms with E-state index in [0.717, 1.165) is 22.5 Å². The molecule has 34 heavy (non-hydrogen) atoms. The minimum Gasteiger partial charge on any atom is -0.459 e. The van der Waals surface area contributed by atoms with Gasteiger partial charge in [0.2, 0.25) is 0 Å². The van der Waals surface area contributed by atoms with Gasteiger partial charge in [0.05, 0.1) is 22.2 Å². The Balaban J connectivity index is 1.64. The van der Waals surface area contributed by atoms with Crippen LogP contribution in [0.25, 0.3) is 11.3 Å². The van der Waals surface area contributed by atoms with Crippen molar-refractivity contribution < 1.29 is 9.34 Å². The number of nitrogens with one attached hydrogen (secondary N) is 1. The standard InChI is InChI=1S/C26H22N4O3S/c1-16-13-17(2)15-18(14-16)29-25(24(28-26(29)34)20-8-5-6-12-27-20)23-11-10-22(33-23)19-7-3-4-9-21(19)30(31)32/h3-15,24-25H,1-2H3,(H,28,34)/t24-,25-/m0/s1. The molecule has 0 spiro atoms. The van der Waals surface area contributed by atoms with E-state index in [4.69, 9.17) is 16.6 Å². The molecule has 0 unspecified atom stereocenters. The number of hydrogen-bond acceptors (Lipinski definition) is 5. The molecular formula is C26H22N4O3S. The zero-order valence-corrected chi connectivity index (χ0v) is 19.5. The van der Waals surface area contributed by atoms with Gasteiger partial charge in [0.15, 0.2) is 5.11 Å². The van der Waals surface area contributed by atoms with Crippen molar-refractivity contribution in [2.45, 2.75) is 25.9 Å². The van der Waals surface area contributed by atoms with Crippen molar-refractivity contribution in [3.05, 3.63) is 112 Å². The zero-order chi connectivity index (χ0) is 23.8. The number of furan rings is 1. The Kier molecular flexibility index (Phi) is 5.59. The lowest BCUT2D eigenvalue weighted by atomic mass is 10.0. The van der Waals surface area contributed by atoms with Gasteiger partial charge in [-0.1, -0.05) is 24.3 Å². The number of para-hydroxylation sites is 1. The third-order valence-corrected chi connectivity index (χ3v) is 6.18. The van der Waals surface area contributed by atoms with Gasteiger partial charge in [0.25, 0.3) is 5.69 Å². The van der Waals surface area contributed by atoms with Crippen LogP contribution in [0.2, 0.25) is 0 Å². The van der Waals surface area contributed by atoms with E-state index in [2.05, 4.69) is 28.5 Å². The van der Waals surface area contributed by atoms with E-state index in [1.54, 1.807) is 30.5 Å². The highest BCUT2D eigenvalue weighted by Gasteiger charge is 2.42. The molecule has 4 aromatic rings. The van der Waals surface area contributed by atoms with Crippen LogP contribution in [0.4, 0.5) is 11.4 Å². The van der Waals surface area contributed by atoms with Crippen molar-refractivity contribution in [3.63, 3.8) is 0 Å². The topological polar surface area (TPSA) is 84.4 Å². The molecular weight excluding hydrogens is 448 g/mol. The molecule has 1 fully saturated rings. The summed E-state index contributed by atoms with van der Waals surface area (Å²) in [5, 5.41) is 15.5. The second-order valence-corrected chi connectivity index (χ2v) is 8.71. The van der Waals surface area contributed by atoms with E-state index in [1.807, 2.05) is 43.0 Å². The van der Waals surface area contributed by atoms with Gasteiger partial charge < -0.3 is 14.6 Å². The van der Waals surface area contributed by atoms with Crippen LogP contribution >= 0.6 is 12.2 Å². The third kappa shape index (κ3) is 3.92. The molecule has 1 saturated heterocycles. The number of nitro groups is 1. The van der Waals surface area contributed by atoms with Gasteiger partial charge in [-0.25, -0.2) is 0 Å². The highest BCUT2D eigenvalue weighted by molar-refractivity contribution is 7.80. The normalized spacial score (nSPS) is 17.6. The quantitative estimate of drug-likeness (QED) is 0.216. The number of pyridine rings is 1. The minimum absolute atomic E-state index is 0.00379. The number of benzene rings is 2. The van der Waals surface area contributed by atoms with E-state index >= 15 is 0 Å². The molecule has 0 amide bonds. The van der Waals surface area contributed by atoms with Crippen molar-refractivity contribution in [3.8, 4) is 11.3 Å². The summed E-state index contributed by atoms with van der Waals surface area (Å²) < 4.78 is 6.28. The monoisotopic (exact) mass is 470 g/mol. The van der Waals surface area contributed by atoms with Crippen molar-refractivity contribution in [2.24, 2.45) is 0 Å². The van der Waals surface area contributed by atoms with Crippen LogP contribution in [0.15, 0.2) is 83.4 Å². The molecule has 1 aliphatic rings. The predicted octanol–water partition coefficient (Wildman–Crippen LogP) is 6.04. The Morgan fingerprint density at radius 3 is 2.47 bits per heavy atom. The first-order valence-corrected chi connectivity index (χ1v) is 11.3. The van der Waals surface area contributed by atoms with Gasteiger partial charge in [-0.15, -0.1) is 0 Å². The maximum absolute atomic E-state index is 11.6. The summed E-state index contributed by atoms with van der Waals surface area (Å²) >= 11 is 5.77. The Labute approximate surface area is 202 Å². The fourth-order valence-electron chi connectivity index (χ4n) is 4.51. The predicted molar refractivity (Wildman–Crippen MR) is 135 cm³/mol. The molecule has 2 atom stereocenters. The lowest BCUT2D eigenvalue weighted by molar-refractivity contribution is -0.384. The van der Waals surface area contributed by atoms with Crippen molar-refractivity contribution in [1.29, 1.82) is 0 Å². The molecule has 1 aliphatic heterocycles. The van der Waals surface area contributed by atoms with Gasteiger partial charge in [-0.3, -0.25) is 15.1 Å². The maximum atomic E-state index is 11.6. The summed E-state index contributed by atoms with van der Waals surface area (Å²) in [5.41, 5.74) is 4.44. The number of hydrogen-bond donors (Lipinski definition) is 1. The molecule has 2 aromatic carbocycles. The number of nitrogens with zero attached hydrogens (tertiary/aromatic N) is 3.